The minimum absolute atomic E-state index is 0.0131. The van der Waals surface area contributed by atoms with Gasteiger partial charge in [0.1, 0.15) is 5.71 Å². The minimum Gasteiger partial charge on any atom is -0.364 e. The zero-order valence-corrected chi connectivity index (χ0v) is 14.9. The maximum absolute atomic E-state index is 10.8. The summed E-state index contributed by atoms with van der Waals surface area (Å²) in [6, 6.07) is 5.94. The van der Waals surface area contributed by atoms with Gasteiger partial charge in [-0.1, -0.05) is 0 Å². The highest BCUT2D eigenvalue weighted by molar-refractivity contribution is 7.80. The predicted octanol–water partition coefficient (Wildman–Crippen LogP) is 0.863. The molecule has 0 bridgehead atoms. The van der Waals surface area contributed by atoms with Crippen LogP contribution in [0.25, 0.3) is 0 Å². The smallest absolute Gasteiger partial charge is 0.269 e. The molecule has 1 aromatic rings. The van der Waals surface area contributed by atoms with Crippen LogP contribution in [0.15, 0.2) is 34.5 Å². The van der Waals surface area contributed by atoms with Gasteiger partial charge in [0, 0.05) is 31.8 Å². The molecule has 1 aromatic carbocycles. The SMILES string of the molecule is CNC(=S)N/N=C(C)/C(=N/NC(=S)NC)c1ccc([N+](=O)[O-])cc1. The molecule has 11 heteroatoms. The number of benzene rings is 1. The number of hydrogen-bond acceptors (Lipinski definition) is 6. The van der Waals surface area contributed by atoms with Crippen LogP contribution >= 0.6 is 24.4 Å². The first-order valence-corrected chi connectivity index (χ1v) is 7.53. The minimum atomic E-state index is -0.469. The Morgan fingerprint density at radius 2 is 1.54 bits per heavy atom. The van der Waals surface area contributed by atoms with Gasteiger partial charge >= 0.3 is 0 Å². The average molecular weight is 367 g/mol. The summed E-state index contributed by atoms with van der Waals surface area (Å²) in [6.45, 7) is 1.72. The first kappa shape index (κ1) is 19.4. The van der Waals surface area contributed by atoms with Crippen LogP contribution < -0.4 is 21.5 Å². The van der Waals surface area contributed by atoms with Crippen molar-refractivity contribution in [2.24, 2.45) is 10.2 Å². The summed E-state index contributed by atoms with van der Waals surface area (Å²) < 4.78 is 0. The van der Waals surface area contributed by atoms with E-state index in [-0.39, 0.29) is 5.69 Å². The third-order valence-corrected chi connectivity index (χ3v) is 3.33. The highest BCUT2D eigenvalue weighted by atomic mass is 32.1. The number of hydrazone groups is 2. The zero-order chi connectivity index (χ0) is 18.1. The molecular weight excluding hydrogens is 350 g/mol. The fraction of sp³-hybridized carbons (Fsp3) is 0.231. The van der Waals surface area contributed by atoms with Crippen LogP contribution in [0.3, 0.4) is 0 Å². The lowest BCUT2D eigenvalue weighted by Crippen LogP contribution is -2.32. The van der Waals surface area contributed by atoms with Gasteiger partial charge in [-0.2, -0.15) is 10.2 Å². The zero-order valence-electron chi connectivity index (χ0n) is 13.3. The third-order valence-electron chi connectivity index (χ3n) is 2.74. The molecule has 0 aliphatic heterocycles. The van der Waals surface area contributed by atoms with Gasteiger partial charge in [-0.15, -0.1) is 0 Å². The van der Waals surface area contributed by atoms with Gasteiger partial charge in [-0.05, 0) is 43.5 Å². The van der Waals surface area contributed by atoms with Gasteiger partial charge in [-0.3, -0.25) is 21.0 Å². The lowest BCUT2D eigenvalue weighted by molar-refractivity contribution is -0.384. The molecule has 0 fully saturated rings. The summed E-state index contributed by atoms with van der Waals surface area (Å²) in [6.07, 6.45) is 0. The number of thiocarbonyl (C=S) groups is 2. The molecule has 0 saturated carbocycles. The van der Waals surface area contributed by atoms with E-state index in [9.17, 15) is 10.1 Å². The van der Waals surface area contributed by atoms with Gasteiger partial charge < -0.3 is 10.6 Å². The average Bonchev–Trinajstić information content (AvgIpc) is 2.59. The molecule has 0 spiro atoms. The van der Waals surface area contributed by atoms with Crippen molar-refractivity contribution in [1.82, 2.24) is 21.5 Å². The highest BCUT2D eigenvalue weighted by Crippen LogP contribution is 2.13. The van der Waals surface area contributed by atoms with Gasteiger partial charge in [0.15, 0.2) is 10.2 Å². The van der Waals surface area contributed by atoms with E-state index < -0.39 is 4.92 Å². The van der Waals surface area contributed by atoms with Crippen LogP contribution in [0.5, 0.6) is 0 Å². The molecule has 0 unspecified atom stereocenters. The van der Waals surface area contributed by atoms with E-state index in [1.54, 1.807) is 33.2 Å². The maximum atomic E-state index is 10.8. The van der Waals surface area contributed by atoms with E-state index >= 15 is 0 Å². The van der Waals surface area contributed by atoms with Crippen molar-refractivity contribution in [3.63, 3.8) is 0 Å². The molecule has 1 rings (SSSR count). The number of non-ortho nitro benzene ring substituents is 1. The van der Waals surface area contributed by atoms with Gasteiger partial charge in [0.25, 0.3) is 5.69 Å². The summed E-state index contributed by atoms with van der Waals surface area (Å²) in [5, 5.41) is 25.2. The molecule has 0 saturated heterocycles. The summed E-state index contributed by atoms with van der Waals surface area (Å²) in [5.74, 6) is 0. The topological polar surface area (TPSA) is 116 Å². The largest absolute Gasteiger partial charge is 0.364 e. The van der Waals surface area contributed by atoms with Gasteiger partial charge in [-0.25, -0.2) is 0 Å². The molecule has 0 radical (unpaired) electrons. The van der Waals surface area contributed by atoms with Crippen molar-refractivity contribution in [1.29, 1.82) is 0 Å². The number of rotatable bonds is 5. The first-order valence-electron chi connectivity index (χ1n) is 6.71. The number of nitrogens with zero attached hydrogens (tertiary/aromatic N) is 3. The van der Waals surface area contributed by atoms with E-state index in [2.05, 4.69) is 31.7 Å². The molecule has 0 heterocycles. The maximum Gasteiger partial charge on any atom is 0.269 e. The Balaban J connectivity index is 3.15. The quantitative estimate of drug-likeness (QED) is 0.262. The van der Waals surface area contributed by atoms with Gasteiger partial charge in [0.2, 0.25) is 0 Å². The second-order valence-electron chi connectivity index (χ2n) is 4.34. The summed E-state index contributed by atoms with van der Waals surface area (Å²) in [4.78, 5) is 10.3. The van der Waals surface area contributed by atoms with Crippen molar-refractivity contribution in [3.8, 4) is 0 Å². The molecule has 0 aromatic heterocycles. The molecule has 4 N–H and O–H groups in total. The lowest BCUT2D eigenvalue weighted by Gasteiger charge is -2.09. The second kappa shape index (κ2) is 9.47. The van der Waals surface area contributed by atoms with E-state index in [1.807, 2.05) is 0 Å². The third kappa shape index (κ3) is 5.85. The Hall–Kier alpha value is -2.66. The predicted molar refractivity (Wildman–Crippen MR) is 102 cm³/mol. The van der Waals surface area contributed by atoms with Crippen molar-refractivity contribution >= 4 is 51.8 Å². The fourth-order valence-corrected chi connectivity index (χ4v) is 1.59. The normalized spacial score (nSPS) is 11.5. The van der Waals surface area contributed by atoms with Crippen molar-refractivity contribution < 1.29 is 4.92 Å². The summed E-state index contributed by atoms with van der Waals surface area (Å²) in [7, 11) is 3.32. The van der Waals surface area contributed by atoms with Crippen LogP contribution in [0, 0.1) is 10.1 Å². The lowest BCUT2D eigenvalue weighted by atomic mass is 10.1. The number of hydrogen-bond donors (Lipinski definition) is 4. The molecular formula is C13H17N7O2S2. The Morgan fingerprint density at radius 1 is 1.04 bits per heavy atom. The number of nitro benzene ring substituents is 1. The molecule has 0 aliphatic rings. The number of nitrogens with one attached hydrogen (secondary N) is 4. The van der Waals surface area contributed by atoms with Crippen LogP contribution in [0.1, 0.15) is 12.5 Å². The van der Waals surface area contributed by atoms with Crippen LogP contribution in [-0.4, -0.2) is 40.7 Å². The van der Waals surface area contributed by atoms with E-state index in [1.165, 1.54) is 12.1 Å². The van der Waals surface area contributed by atoms with Crippen LogP contribution in [-0.2, 0) is 0 Å². The molecule has 0 amide bonds. The van der Waals surface area contributed by atoms with E-state index in [4.69, 9.17) is 24.4 Å². The van der Waals surface area contributed by atoms with Crippen molar-refractivity contribution in [2.75, 3.05) is 14.1 Å². The molecule has 9 nitrogen and oxygen atoms in total. The number of nitro groups is 1. The molecule has 24 heavy (non-hydrogen) atoms. The standard InChI is InChI=1S/C13H17N7O2S2/c1-8(16-18-12(23)14-2)11(17-19-13(24)15-3)9-4-6-10(7-5-9)20(21)22/h4-7H,1-3H3,(H2,14,18,23)(H2,15,19,24)/b16-8+,17-11-. The van der Waals surface area contributed by atoms with Crippen molar-refractivity contribution in [3.05, 3.63) is 39.9 Å². The van der Waals surface area contributed by atoms with Gasteiger partial charge in [0.05, 0.1) is 10.6 Å². The van der Waals surface area contributed by atoms with E-state index in [0.29, 0.717) is 27.2 Å². The Kier molecular flexibility index (Phi) is 7.65. The Labute approximate surface area is 149 Å². The molecule has 0 atom stereocenters. The fourth-order valence-electron chi connectivity index (χ4n) is 1.50. The Bertz CT molecular complexity index is 686. The van der Waals surface area contributed by atoms with E-state index in [0.717, 1.165) is 0 Å². The van der Waals surface area contributed by atoms with Crippen LogP contribution in [0.4, 0.5) is 5.69 Å². The monoisotopic (exact) mass is 367 g/mol. The second-order valence-corrected chi connectivity index (χ2v) is 5.16. The summed E-state index contributed by atoms with van der Waals surface area (Å²) >= 11 is 9.94. The van der Waals surface area contributed by atoms with Crippen molar-refractivity contribution in [2.45, 2.75) is 6.92 Å². The molecule has 128 valence electrons. The first-order chi connectivity index (χ1) is 11.4. The Morgan fingerprint density at radius 3 is 2.00 bits per heavy atom. The molecule has 0 aliphatic carbocycles. The summed E-state index contributed by atoms with van der Waals surface area (Å²) in [5.41, 5.74) is 6.90. The highest BCUT2D eigenvalue weighted by Gasteiger charge is 2.12. The van der Waals surface area contributed by atoms with Crippen LogP contribution in [0.2, 0.25) is 0 Å².